The lowest BCUT2D eigenvalue weighted by atomic mass is 10.00. The summed E-state index contributed by atoms with van der Waals surface area (Å²) in [6.45, 7) is 0. The van der Waals surface area contributed by atoms with Crippen molar-refractivity contribution in [2.45, 2.75) is 15.1 Å². The van der Waals surface area contributed by atoms with E-state index in [-0.39, 0.29) is 4.90 Å². The molecule has 0 N–H and O–H groups in total. The summed E-state index contributed by atoms with van der Waals surface area (Å²) in [6, 6.07) is 3.07. The summed E-state index contributed by atoms with van der Waals surface area (Å²) in [7, 11) is -3.30. The Morgan fingerprint density at radius 2 is 2.09 bits per heavy atom. The van der Waals surface area contributed by atoms with Gasteiger partial charge in [0.25, 0.3) is 0 Å². The highest BCUT2D eigenvalue weighted by Crippen LogP contribution is 2.37. The third kappa shape index (κ3) is 2.91. The Balaban J connectivity index is 2.05. The normalized spacial score (nSPS) is 24.0. The largest absolute Gasteiger partial charge is 0.285 e. The van der Waals surface area contributed by atoms with Gasteiger partial charge in [-0.3, -0.25) is 9.56 Å². The summed E-state index contributed by atoms with van der Waals surface area (Å²) in [4.78, 5) is 11.4. The number of allylic oxidation sites excluding steroid dienone is 1. The topological polar surface area (TPSA) is 77.2 Å². The van der Waals surface area contributed by atoms with Gasteiger partial charge in [0.05, 0.1) is 22.2 Å². The maximum absolute atomic E-state index is 11.5. The van der Waals surface area contributed by atoms with Crippen molar-refractivity contribution in [2.75, 3.05) is 6.26 Å². The van der Waals surface area contributed by atoms with Crippen LogP contribution in [0.15, 0.2) is 53.0 Å². The van der Waals surface area contributed by atoms with E-state index in [2.05, 4.69) is 15.0 Å². The van der Waals surface area contributed by atoms with E-state index in [1.54, 1.807) is 35.3 Å². The quantitative estimate of drug-likeness (QED) is 0.776. The molecule has 3 heterocycles. The lowest BCUT2D eigenvalue weighted by Crippen LogP contribution is -2.34. The third-order valence-electron chi connectivity index (χ3n) is 3.43. The van der Waals surface area contributed by atoms with Crippen molar-refractivity contribution in [2.24, 2.45) is 4.99 Å². The highest BCUT2D eigenvalue weighted by molar-refractivity contribution is 7.90. The molecule has 0 bridgehead atoms. The Kier molecular flexibility index (Phi) is 4.03. The maximum Gasteiger partial charge on any atom is 0.177 e. The van der Waals surface area contributed by atoms with E-state index in [1.807, 2.05) is 0 Å². The van der Waals surface area contributed by atoms with Gasteiger partial charge in [-0.05, 0) is 18.2 Å². The minimum atomic E-state index is -3.30. The molecule has 2 aromatic heterocycles. The summed E-state index contributed by atoms with van der Waals surface area (Å²) in [6.07, 6.45) is 10.4. The van der Waals surface area contributed by atoms with Crippen molar-refractivity contribution >= 4 is 39.3 Å². The molecule has 120 valence electrons. The van der Waals surface area contributed by atoms with Gasteiger partial charge in [-0.15, -0.1) is 23.2 Å². The van der Waals surface area contributed by atoms with Crippen LogP contribution in [0.25, 0.3) is 5.82 Å². The van der Waals surface area contributed by atoms with Crippen molar-refractivity contribution in [3.8, 4) is 5.82 Å². The Hall–Kier alpha value is -1.70. The molecule has 0 saturated heterocycles. The molecular weight excluding hydrogens is 359 g/mol. The van der Waals surface area contributed by atoms with Gasteiger partial charge >= 0.3 is 0 Å². The minimum absolute atomic E-state index is 0.140. The van der Waals surface area contributed by atoms with Crippen LogP contribution in [0.1, 0.15) is 5.69 Å². The fourth-order valence-corrected chi connectivity index (χ4v) is 3.25. The van der Waals surface area contributed by atoms with Gasteiger partial charge in [-0.2, -0.15) is 0 Å². The first-order chi connectivity index (χ1) is 10.8. The number of alkyl halides is 2. The first-order valence-corrected chi connectivity index (χ1v) is 9.26. The number of sulfone groups is 1. The van der Waals surface area contributed by atoms with Crippen LogP contribution in [0, 0.1) is 0 Å². The monoisotopic (exact) mass is 370 g/mol. The zero-order valence-corrected chi connectivity index (χ0v) is 14.3. The number of nitrogens with zero attached hydrogens (tertiary/aromatic N) is 4. The van der Waals surface area contributed by atoms with Gasteiger partial charge in [0.15, 0.2) is 9.84 Å². The molecule has 6 nitrogen and oxygen atoms in total. The zero-order chi connectivity index (χ0) is 16.7. The predicted octanol–water partition coefficient (Wildman–Crippen LogP) is 2.31. The Labute approximate surface area is 143 Å². The van der Waals surface area contributed by atoms with E-state index in [9.17, 15) is 8.42 Å². The molecule has 1 aliphatic rings. The molecule has 1 aliphatic heterocycles. The second-order valence-electron chi connectivity index (χ2n) is 5.06. The average molecular weight is 371 g/mol. The van der Waals surface area contributed by atoms with Gasteiger partial charge in [0.1, 0.15) is 17.0 Å². The van der Waals surface area contributed by atoms with Crippen molar-refractivity contribution in [1.29, 1.82) is 0 Å². The van der Waals surface area contributed by atoms with Crippen LogP contribution in [0.4, 0.5) is 0 Å². The number of hydrogen-bond acceptors (Lipinski definition) is 5. The van der Waals surface area contributed by atoms with Crippen LogP contribution in [-0.4, -0.2) is 40.8 Å². The lowest BCUT2D eigenvalue weighted by molar-refractivity contribution is 0.601. The van der Waals surface area contributed by atoms with Crippen molar-refractivity contribution in [1.82, 2.24) is 14.5 Å². The molecule has 0 fully saturated rings. The molecule has 0 spiro atoms. The number of rotatable bonds is 3. The zero-order valence-electron chi connectivity index (χ0n) is 12.0. The Morgan fingerprint density at radius 1 is 1.30 bits per heavy atom. The van der Waals surface area contributed by atoms with Crippen molar-refractivity contribution in [3.63, 3.8) is 0 Å². The number of imidazole rings is 1. The molecular formula is C14H12Cl2N4O2S. The highest BCUT2D eigenvalue weighted by atomic mass is 35.5. The second-order valence-corrected chi connectivity index (χ2v) is 8.17. The number of aliphatic imine (C=N–C) groups is 1. The number of aromatic nitrogens is 3. The summed E-state index contributed by atoms with van der Waals surface area (Å²) in [5.41, 5.74) is 0.590. The van der Waals surface area contributed by atoms with E-state index < -0.39 is 20.1 Å². The van der Waals surface area contributed by atoms with Gasteiger partial charge in [0, 0.05) is 24.9 Å². The van der Waals surface area contributed by atoms with Crippen LogP contribution in [0.2, 0.25) is 0 Å². The lowest BCUT2D eigenvalue weighted by Gasteiger charge is -2.28. The molecule has 3 rings (SSSR count). The maximum atomic E-state index is 11.5. The molecule has 23 heavy (non-hydrogen) atoms. The van der Waals surface area contributed by atoms with E-state index >= 15 is 0 Å². The minimum Gasteiger partial charge on any atom is -0.285 e. The Morgan fingerprint density at radius 3 is 2.70 bits per heavy atom. The van der Waals surface area contributed by atoms with Gasteiger partial charge in [0.2, 0.25) is 0 Å². The molecule has 2 atom stereocenters. The van der Waals surface area contributed by atoms with Crippen LogP contribution < -0.4 is 0 Å². The molecule has 2 aromatic rings. The predicted molar refractivity (Wildman–Crippen MR) is 89.3 cm³/mol. The number of hydrogen-bond donors (Lipinski definition) is 0. The van der Waals surface area contributed by atoms with Crippen molar-refractivity contribution in [3.05, 3.63) is 48.8 Å². The van der Waals surface area contributed by atoms with E-state index in [0.29, 0.717) is 11.5 Å². The van der Waals surface area contributed by atoms with Crippen LogP contribution in [0.5, 0.6) is 0 Å². The van der Waals surface area contributed by atoms with Crippen LogP contribution >= 0.6 is 23.2 Å². The highest BCUT2D eigenvalue weighted by Gasteiger charge is 2.39. The SMILES string of the molecule is CS(=O)(=O)c1ccc(-n2cncc2C2(Cl)C=NC=CC2Cl)nc1. The number of pyridine rings is 1. The molecule has 0 aliphatic carbocycles. The fraction of sp³-hybridized carbons (Fsp3) is 0.214. The Bertz CT molecular complexity index is 890. The molecule has 0 radical (unpaired) electrons. The molecule has 0 aromatic carbocycles. The molecule has 0 amide bonds. The fourth-order valence-electron chi connectivity index (χ4n) is 2.19. The molecule has 2 unspecified atom stereocenters. The first kappa shape index (κ1) is 16.2. The number of halogens is 2. The van der Waals surface area contributed by atoms with E-state index in [1.165, 1.54) is 18.6 Å². The summed E-state index contributed by atoms with van der Waals surface area (Å²) in [5, 5.41) is -0.507. The van der Waals surface area contributed by atoms with E-state index in [0.717, 1.165) is 6.26 Å². The van der Waals surface area contributed by atoms with E-state index in [4.69, 9.17) is 23.2 Å². The van der Waals surface area contributed by atoms with Gasteiger partial charge < -0.3 is 0 Å². The van der Waals surface area contributed by atoms with Gasteiger partial charge in [-0.1, -0.05) is 0 Å². The van der Waals surface area contributed by atoms with Crippen LogP contribution in [0.3, 0.4) is 0 Å². The first-order valence-electron chi connectivity index (χ1n) is 6.55. The summed E-state index contributed by atoms with van der Waals surface area (Å²) >= 11 is 12.9. The van der Waals surface area contributed by atoms with Crippen LogP contribution in [-0.2, 0) is 14.7 Å². The molecule has 9 heteroatoms. The van der Waals surface area contributed by atoms with Gasteiger partial charge in [-0.25, -0.2) is 18.4 Å². The van der Waals surface area contributed by atoms with Crippen molar-refractivity contribution < 1.29 is 8.42 Å². The summed E-state index contributed by atoms with van der Waals surface area (Å²) in [5.74, 6) is 0.483. The standard InChI is InChI=1S/C14H12Cl2N4O2S/c1-23(21,22)10-2-3-13(19-6-10)20-9-18-7-12(20)14(16)8-17-5-4-11(14)15/h2-9,11H,1H3. The average Bonchev–Trinajstić information content (AvgIpc) is 3.00. The third-order valence-corrected chi connectivity index (χ3v) is 5.66. The smallest absolute Gasteiger partial charge is 0.177 e. The summed E-state index contributed by atoms with van der Waals surface area (Å²) < 4.78 is 24.7. The second kappa shape index (κ2) is 5.74. The molecule has 0 saturated carbocycles.